The molecule has 0 fully saturated rings. The molecule has 0 heterocycles. The first-order valence-corrected chi connectivity index (χ1v) is 36.2. The van der Waals surface area contributed by atoms with Crippen molar-refractivity contribution in [3.8, 4) is 0 Å². The van der Waals surface area contributed by atoms with Crippen molar-refractivity contribution in [1.29, 1.82) is 0 Å². The van der Waals surface area contributed by atoms with Crippen LogP contribution in [0.3, 0.4) is 0 Å². The van der Waals surface area contributed by atoms with Crippen LogP contribution < -0.4 is 0 Å². The summed E-state index contributed by atoms with van der Waals surface area (Å²) in [6, 6.07) is 0. The Balaban J connectivity index is 3.68. The smallest absolute Gasteiger partial charge is 0.306 e. The maximum Gasteiger partial charge on any atom is 0.306 e. The summed E-state index contributed by atoms with van der Waals surface area (Å²) in [7, 11) is 0. The normalized spacial score (nSPS) is 13.8. The summed E-state index contributed by atoms with van der Waals surface area (Å²) in [5.41, 5.74) is 0. The number of esters is 2. The number of hydrogen-bond acceptors (Lipinski definition) is 5. The van der Waals surface area contributed by atoms with Crippen LogP contribution in [0.2, 0.25) is 0 Å². The topological polar surface area (TPSA) is 72.8 Å². The molecule has 0 saturated heterocycles. The predicted octanol–water partition coefficient (Wildman–Crippen LogP) is 26.0. The third kappa shape index (κ3) is 75.9. The third-order valence-electron chi connectivity index (χ3n) is 14.3. The van der Waals surface area contributed by atoms with E-state index in [0.717, 1.165) is 167 Å². The molecule has 0 aromatic carbocycles. The van der Waals surface area contributed by atoms with Crippen LogP contribution in [0.15, 0.2) is 255 Å². The number of allylic oxidation sites excluding steroid dienone is 42. The molecule has 0 amide bonds. The minimum absolute atomic E-state index is 0.102. The maximum atomic E-state index is 12.4. The first-order chi connectivity index (χ1) is 45.6. The molecule has 0 bridgehead atoms. The van der Waals surface area contributed by atoms with Crippen LogP contribution in [-0.2, 0) is 19.1 Å². The number of ether oxygens (including phenoxy) is 2. The molecule has 1 N–H and O–H groups in total. The van der Waals surface area contributed by atoms with Crippen LogP contribution in [0, 0.1) is 0 Å². The molecule has 0 aliphatic carbocycles. The van der Waals surface area contributed by atoms with E-state index in [0.29, 0.717) is 12.8 Å². The van der Waals surface area contributed by atoms with Crippen molar-refractivity contribution in [2.45, 2.75) is 264 Å². The molecular formula is C87H130O5. The number of carbonyl (C=O) groups is 2. The molecule has 92 heavy (non-hydrogen) atoms. The standard InChI is InChI=1S/C87H130O5/c1-3-5-7-9-11-13-15-17-19-21-23-25-27-29-31-33-35-37-39-41-43-45-47-49-51-53-55-57-59-61-63-65-67-69-71-73-75-77-79-81-86(89)91-84-85(83-88)92-87(90)82-80-78-76-74-72-70-68-66-64-62-60-58-56-54-52-50-48-46-44-42-40-38-36-34-32-30-28-26-24-22-20-18-16-14-12-10-8-6-4-2/h5-8,11-14,17-20,23-26,29-32,35-38,41-44,47-50,53-56,60,62,66,68,72,74,85,88H,3-4,9-10,15-16,21-22,27-28,33-34,39-40,45-46,51-52,57-59,61,63-65,67,69-71,73,75-84H2,1-2H3/b7-5-,8-6-,13-11-,14-12-,19-17-,20-18-,25-23-,26-24-,31-29-,32-30-,37-35-,38-36-,43-41-,44-42-,49-47-,50-48-,55-53-,56-54-,62-60-,68-66-,74-72-. The molecular weight excluding hydrogens is 1120 g/mol. The van der Waals surface area contributed by atoms with Crippen molar-refractivity contribution in [2.75, 3.05) is 13.2 Å². The fourth-order valence-electron chi connectivity index (χ4n) is 9.00. The van der Waals surface area contributed by atoms with Crippen molar-refractivity contribution >= 4 is 11.9 Å². The van der Waals surface area contributed by atoms with E-state index in [4.69, 9.17) is 9.47 Å². The van der Waals surface area contributed by atoms with Crippen molar-refractivity contribution < 1.29 is 24.2 Å². The van der Waals surface area contributed by atoms with E-state index in [1.165, 1.54) is 57.8 Å². The van der Waals surface area contributed by atoms with Gasteiger partial charge in [0.25, 0.3) is 0 Å². The lowest BCUT2D eigenvalue weighted by molar-refractivity contribution is -0.161. The van der Waals surface area contributed by atoms with Gasteiger partial charge in [-0.3, -0.25) is 9.59 Å². The molecule has 0 rings (SSSR count). The summed E-state index contributed by atoms with van der Waals surface area (Å²) in [5, 5.41) is 9.70. The van der Waals surface area contributed by atoms with E-state index in [9.17, 15) is 14.7 Å². The van der Waals surface area contributed by atoms with Crippen LogP contribution in [0.1, 0.15) is 258 Å². The molecule has 0 spiro atoms. The highest BCUT2D eigenvalue weighted by atomic mass is 16.6. The minimum atomic E-state index is -0.818. The fraction of sp³-hybridized carbons (Fsp3) is 0.494. The summed E-state index contributed by atoms with van der Waals surface area (Å²) in [4.78, 5) is 24.7. The van der Waals surface area contributed by atoms with Crippen LogP contribution in [0.25, 0.3) is 0 Å². The highest BCUT2D eigenvalue weighted by molar-refractivity contribution is 5.70. The third-order valence-corrected chi connectivity index (χ3v) is 14.3. The van der Waals surface area contributed by atoms with E-state index in [2.05, 4.69) is 269 Å². The molecule has 5 heteroatoms. The average molecular weight is 1260 g/mol. The SMILES string of the molecule is CC/C=C\C/C=C\C/C=C\C/C=C\C/C=C\C/C=C\C/C=C\C/C=C\C/C=C\C/C=C\C/C=C\C/C=C\CCCCC(=O)OC(CO)COC(=O)CCCCCCCCCCCCC/C=C\C/C=C\C/C=C\C/C=C\C/C=C\C/C=C\C/C=C\C/C=C\C/C=C\CC. The lowest BCUT2D eigenvalue weighted by Crippen LogP contribution is -2.28. The Labute approximate surface area is 565 Å². The highest BCUT2D eigenvalue weighted by Crippen LogP contribution is 2.14. The lowest BCUT2D eigenvalue weighted by Gasteiger charge is -2.15. The summed E-state index contributed by atoms with van der Waals surface area (Å²) < 4.78 is 10.7. The van der Waals surface area contributed by atoms with Gasteiger partial charge in [-0.15, -0.1) is 0 Å². The molecule has 0 aromatic heterocycles. The predicted molar refractivity (Wildman–Crippen MR) is 407 cm³/mol. The first-order valence-electron chi connectivity index (χ1n) is 36.2. The Bertz CT molecular complexity index is 2310. The van der Waals surface area contributed by atoms with Crippen LogP contribution in [-0.4, -0.2) is 36.4 Å². The minimum Gasteiger partial charge on any atom is -0.462 e. The molecule has 508 valence electrons. The fourth-order valence-corrected chi connectivity index (χ4v) is 9.00. The molecule has 5 nitrogen and oxygen atoms in total. The number of aliphatic hydroxyl groups excluding tert-OH is 1. The Hall–Kier alpha value is -6.56. The van der Waals surface area contributed by atoms with E-state index in [-0.39, 0.29) is 31.6 Å². The molecule has 0 radical (unpaired) electrons. The van der Waals surface area contributed by atoms with E-state index < -0.39 is 6.10 Å². The monoisotopic (exact) mass is 1250 g/mol. The van der Waals surface area contributed by atoms with Crippen molar-refractivity contribution in [3.63, 3.8) is 0 Å². The highest BCUT2D eigenvalue weighted by Gasteiger charge is 2.16. The van der Waals surface area contributed by atoms with Gasteiger partial charge < -0.3 is 14.6 Å². The van der Waals surface area contributed by atoms with Gasteiger partial charge in [-0.1, -0.05) is 327 Å². The van der Waals surface area contributed by atoms with Crippen molar-refractivity contribution in [3.05, 3.63) is 255 Å². The number of carbonyl (C=O) groups excluding carboxylic acids is 2. The van der Waals surface area contributed by atoms with Gasteiger partial charge in [0.15, 0.2) is 6.10 Å². The van der Waals surface area contributed by atoms with Gasteiger partial charge in [0.1, 0.15) is 6.61 Å². The summed E-state index contributed by atoms with van der Waals surface area (Å²) in [5.74, 6) is -0.663. The van der Waals surface area contributed by atoms with E-state index >= 15 is 0 Å². The van der Waals surface area contributed by atoms with Gasteiger partial charge in [-0.05, 0) is 173 Å². The quantitative estimate of drug-likeness (QED) is 0.0373. The second-order valence-corrected chi connectivity index (χ2v) is 22.8. The first kappa shape index (κ1) is 85.4. The summed E-state index contributed by atoms with van der Waals surface area (Å²) >= 11 is 0. The van der Waals surface area contributed by atoms with Gasteiger partial charge in [-0.2, -0.15) is 0 Å². The zero-order valence-electron chi connectivity index (χ0n) is 58.2. The van der Waals surface area contributed by atoms with E-state index in [1.54, 1.807) is 0 Å². The number of rotatable bonds is 63. The van der Waals surface area contributed by atoms with E-state index in [1.807, 2.05) is 0 Å². The average Bonchev–Trinajstić information content (AvgIpc) is 3.75. The molecule has 1 atom stereocenters. The molecule has 0 aromatic rings. The lowest BCUT2D eigenvalue weighted by atomic mass is 10.0. The Morgan fingerprint density at radius 3 is 0.674 bits per heavy atom. The van der Waals surface area contributed by atoms with Gasteiger partial charge >= 0.3 is 11.9 Å². The van der Waals surface area contributed by atoms with Crippen LogP contribution in [0.4, 0.5) is 0 Å². The zero-order valence-corrected chi connectivity index (χ0v) is 58.2. The van der Waals surface area contributed by atoms with Crippen LogP contribution in [0.5, 0.6) is 0 Å². The van der Waals surface area contributed by atoms with Gasteiger partial charge in [0, 0.05) is 12.8 Å². The second kappa shape index (κ2) is 78.7. The van der Waals surface area contributed by atoms with Gasteiger partial charge in [0.05, 0.1) is 6.61 Å². The number of hydrogen-bond donors (Lipinski definition) is 1. The maximum absolute atomic E-state index is 12.4. The molecule has 0 saturated carbocycles. The van der Waals surface area contributed by atoms with Gasteiger partial charge in [-0.25, -0.2) is 0 Å². The Kier molecular flexibility index (Phi) is 73.1. The molecule has 1 unspecified atom stereocenters. The molecule has 0 aliphatic heterocycles. The van der Waals surface area contributed by atoms with Crippen molar-refractivity contribution in [1.82, 2.24) is 0 Å². The van der Waals surface area contributed by atoms with Crippen molar-refractivity contribution in [2.24, 2.45) is 0 Å². The zero-order chi connectivity index (χ0) is 66.1. The summed E-state index contributed by atoms with van der Waals surface area (Å²) in [6.07, 6.45) is 131. The second-order valence-electron chi connectivity index (χ2n) is 22.8. The number of aliphatic hydroxyl groups is 1. The largest absolute Gasteiger partial charge is 0.462 e. The summed E-state index contributed by atoms with van der Waals surface area (Å²) in [6.45, 7) is 3.86. The van der Waals surface area contributed by atoms with Gasteiger partial charge in [0.2, 0.25) is 0 Å². The van der Waals surface area contributed by atoms with Crippen LogP contribution >= 0.6 is 0 Å². The Morgan fingerprint density at radius 2 is 0.435 bits per heavy atom. The number of unbranched alkanes of at least 4 members (excludes halogenated alkanes) is 13. The Morgan fingerprint density at radius 1 is 0.250 bits per heavy atom. The molecule has 0 aliphatic rings.